The molecule has 5 amide bonds. The molecule has 3 aromatic carbocycles. The number of anilines is 1. The first-order valence-corrected chi connectivity index (χ1v) is 24.1. The van der Waals surface area contributed by atoms with Gasteiger partial charge in [0.15, 0.2) is 5.96 Å². The summed E-state index contributed by atoms with van der Waals surface area (Å²) in [4.78, 5) is 81.6. The second kappa shape index (κ2) is 27.3. The van der Waals surface area contributed by atoms with Crippen LogP contribution in [-0.2, 0) is 53.0 Å². The molecule has 1 saturated heterocycles. The molecule has 0 aliphatic carbocycles. The SMILES string of the molecule is CC[C@H](C)[C@@H]([C@@H](CC(=O)N1CCCC1[C@H](OC)[C@@H](C)C(=O)NC(Cc1ccccc1)C(=O)Nc1ccc(CNC(=O)OCc2ccccc2)cc1)OC)N(C)C(=O)C(N=C(N(C)C)N(C)C)C(C)C. The quantitative estimate of drug-likeness (QED) is 0.0734. The van der Waals surface area contributed by atoms with E-state index in [1.54, 1.807) is 62.3 Å². The van der Waals surface area contributed by atoms with Gasteiger partial charge in [-0.05, 0) is 53.5 Å². The zero-order valence-electron chi connectivity index (χ0n) is 42.9. The second-order valence-electron chi connectivity index (χ2n) is 18.8. The number of rotatable bonds is 23. The van der Waals surface area contributed by atoms with Gasteiger partial charge in [0.1, 0.15) is 18.7 Å². The van der Waals surface area contributed by atoms with Gasteiger partial charge in [-0.2, -0.15) is 0 Å². The van der Waals surface area contributed by atoms with Crippen molar-refractivity contribution in [1.82, 2.24) is 30.2 Å². The molecule has 0 aromatic heterocycles. The Morgan fingerprint density at radius 2 is 1.39 bits per heavy atom. The highest BCUT2D eigenvalue weighted by molar-refractivity contribution is 5.97. The lowest BCUT2D eigenvalue weighted by molar-refractivity contribution is -0.146. The molecule has 16 heteroatoms. The molecule has 8 atom stereocenters. The number of nitrogens with one attached hydrogen (secondary N) is 3. The van der Waals surface area contributed by atoms with Crippen molar-refractivity contribution in [3.05, 3.63) is 102 Å². The minimum Gasteiger partial charge on any atom is -0.445 e. The molecule has 1 aliphatic rings. The summed E-state index contributed by atoms with van der Waals surface area (Å²) in [6.07, 6.45) is 0.486. The number of amides is 5. The fourth-order valence-electron chi connectivity index (χ4n) is 9.01. The highest BCUT2D eigenvalue weighted by atomic mass is 16.5. The first kappa shape index (κ1) is 55.6. The van der Waals surface area contributed by atoms with Crippen molar-refractivity contribution < 1.29 is 38.2 Å². The largest absolute Gasteiger partial charge is 0.445 e. The van der Waals surface area contributed by atoms with Crippen molar-refractivity contribution in [3.8, 4) is 0 Å². The smallest absolute Gasteiger partial charge is 0.407 e. The van der Waals surface area contributed by atoms with Crippen LogP contribution in [0.5, 0.6) is 0 Å². The molecule has 0 bridgehead atoms. The maximum Gasteiger partial charge on any atom is 0.407 e. The average molecular weight is 955 g/mol. The third-order valence-corrected chi connectivity index (χ3v) is 13.0. The summed E-state index contributed by atoms with van der Waals surface area (Å²) in [6.45, 7) is 10.7. The van der Waals surface area contributed by atoms with Gasteiger partial charge in [0.25, 0.3) is 0 Å². The number of likely N-dealkylation sites (tertiary alicyclic amines) is 1. The predicted octanol–water partition coefficient (Wildman–Crippen LogP) is 6.20. The molecule has 69 heavy (non-hydrogen) atoms. The number of carbonyl (C=O) groups is 5. The van der Waals surface area contributed by atoms with Crippen LogP contribution in [0.15, 0.2) is 89.9 Å². The summed E-state index contributed by atoms with van der Waals surface area (Å²) in [5, 5.41) is 8.70. The lowest BCUT2D eigenvalue weighted by Crippen LogP contribution is -2.55. The lowest BCUT2D eigenvalue weighted by Gasteiger charge is -2.40. The summed E-state index contributed by atoms with van der Waals surface area (Å²) in [7, 11) is 12.5. The van der Waals surface area contributed by atoms with Crippen molar-refractivity contribution in [2.75, 3.05) is 61.3 Å². The van der Waals surface area contributed by atoms with E-state index in [2.05, 4.69) is 29.8 Å². The first-order chi connectivity index (χ1) is 32.9. The third-order valence-electron chi connectivity index (χ3n) is 13.0. The van der Waals surface area contributed by atoms with Gasteiger partial charge in [-0.3, -0.25) is 19.2 Å². The minimum absolute atomic E-state index is 0.00817. The van der Waals surface area contributed by atoms with Crippen molar-refractivity contribution >= 4 is 41.4 Å². The molecule has 4 rings (SSSR count). The Morgan fingerprint density at radius 3 is 1.94 bits per heavy atom. The van der Waals surface area contributed by atoms with Crippen molar-refractivity contribution in [2.24, 2.45) is 22.7 Å². The van der Waals surface area contributed by atoms with Crippen LogP contribution in [0.4, 0.5) is 10.5 Å². The van der Waals surface area contributed by atoms with Gasteiger partial charge in [0.05, 0.1) is 36.6 Å². The fourth-order valence-corrected chi connectivity index (χ4v) is 9.01. The Hall–Kier alpha value is -6.00. The van der Waals surface area contributed by atoms with Gasteiger partial charge in [-0.25, -0.2) is 9.79 Å². The number of guanidine groups is 1. The molecule has 1 heterocycles. The van der Waals surface area contributed by atoms with Gasteiger partial charge >= 0.3 is 6.09 Å². The number of hydrogen-bond acceptors (Lipinski definition) is 9. The number of nitrogens with zero attached hydrogens (tertiary/aromatic N) is 5. The number of alkyl carbamates (subject to hydrolysis) is 1. The van der Waals surface area contributed by atoms with Gasteiger partial charge in [0.2, 0.25) is 23.6 Å². The van der Waals surface area contributed by atoms with Gasteiger partial charge in [-0.1, -0.05) is 114 Å². The molecule has 1 fully saturated rings. The number of aliphatic imine (C=N–C) groups is 1. The summed E-state index contributed by atoms with van der Waals surface area (Å²) in [6, 6.07) is 23.5. The zero-order chi connectivity index (χ0) is 50.8. The molecular formula is C53H78N8O8. The Balaban J connectivity index is 1.45. The van der Waals surface area contributed by atoms with E-state index in [0.29, 0.717) is 24.6 Å². The van der Waals surface area contributed by atoms with Gasteiger partial charge in [0, 0.05) is 74.7 Å². The van der Waals surface area contributed by atoms with Crippen molar-refractivity contribution in [1.29, 1.82) is 0 Å². The number of hydrogen-bond donors (Lipinski definition) is 3. The van der Waals surface area contributed by atoms with E-state index in [1.807, 2.05) is 113 Å². The molecule has 0 spiro atoms. The van der Waals surface area contributed by atoms with Crippen molar-refractivity contribution in [3.63, 3.8) is 0 Å². The number of benzene rings is 3. The molecule has 3 aromatic rings. The molecule has 3 unspecified atom stereocenters. The van der Waals surface area contributed by atoms with E-state index in [4.69, 9.17) is 19.2 Å². The highest BCUT2D eigenvalue weighted by Crippen LogP contribution is 2.30. The first-order valence-electron chi connectivity index (χ1n) is 24.1. The molecular weight excluding hydrogens is 877 g/mol. The van der Waals surface area contributed by atoms with E-state index in [9.17, 15) is 24.0 Å². The maximum atomic E-state index is 14.5. The monoisotopic (exact) mass is 955 g/mol. The molecule has 16 nitrogen and oxygen atoms in total. The van der Waals surface area contributed by atoms with Crippen LogP contribution < -0.4 is 16.0 Å². The predicted molar refractivity (Wildman–Crippen MR) is 270 cm³/mol. The molecule has 378 valence electrons. The Morgan fingerprint density at radius 1 is 0.783 bits per heavy atom. The minimum atomic E-state index is -0.945. The van der Waals surface area contributed by atoms with Crippen LogP contribution in [0.1, 0.15) is 77.0 Å². The summed E-state index contributed by atoms with van der Waals surface area (Å²) in [5.41, 5.74) is 3.06. The van der Waals surface area contributed by atoms with E-state index in [-0.39, 0.29) is 49.6 Å². The van der Waals surface area contributed by atoms with Crippen LogP contribution in [-0.4, -0.2) is 148 Å². The average Bonchev–Trinajstić information content (AvgIpc) is 3.82. The second-order valence-corrected chi connectivity index (χ2v) is 18.8. The maximum absolute atomic E-state index is 14.5. The molecule has 1 aliphatic heterocycles. The van der Waals surface area contributed by atoms with E-state index >= 15 is 0 Å². The van der Waals surface area contributed by atoms with E-state index < -0.39 is 60.2 Å². The molecule has 0 radical (unpaired) electrons. The third kappa shape index (κ3) is 16.0. The van der Waals surface area contributed by atoms with Gasteiger partial charge in [-0.15, -0.1) is 0 Å². The normalized spacial score (nSPS) is 16.5. The van der Waals surface area contributed by atoms with Crippen LogP contribution in [0.25, 0.3) is 0 Å². The van der Waals surface area contributed by atoms with E-state index in [1.165, 1.54) is 0 Å². The topological polar surface area (TPSA) is 174 Å². The zero-order valence-corrected chi connectivity index (χ0v) is 42.9. The van der Waals surface area contributed by atoms with Crippen LogP contribution in [0.3, 0.4) is 0 Å². The number of ether oxygens (including phenoxy) is 3. The summed E-state index contributed by atoms with van der Waals surface area (Å²) >= 11 is 0. The van der Waals surface area contributed by atoms with Gasteiger partial charge < -0.3 is 49.8 Å². The number of carbonyl (C=O) groups excluding carboxylic acids is 5. The summed E-state index contributed by atoms with van der Waals surface area (Å²) in [5.74, 6) is -1.27. The van der Waals surface area contributed by atoms with Crippen LogP contribution in [0.2, 0.25) is 0 Å². The van der Waals surface area contributed by atoms with Crippen LogP contribution >= 0.6 is 0 Å². The Labute approximate surface area is 410 Å². The number of likely N-dealkylation sites (N-methyl/N-ethyl adjacent to an activating group) is 1. The Kier molecular flexibility index (Phi) is 22.0. The lowest BCUT2D eigenvalue weighted by atomic mass is 9.89. The standard InChI is InChI=1S/C53H78N8O8/c1-13-36(4)47(60(10)51(65)46(35(2)3)57-52(58(6)7)59(8)9)44(67-11)32-45(62)61-30-20-25-43(61)48(68-12)37(5)49(63)56-42(31-38-21-16-14-17-22-38)50(64)55-41-28-26-39(27-29-41)33-54-53(66)69-34-40-23-18-15-19-24-40/h14-19,21-24,26-29,35-37,42-44,46-48H,13,20,25,30-34H2,1-12H3,(H,54,66)(H,55,64)(H,56,63)/t36-,37+,42?,43?,44+,46?,47-,48+/m0/s1. The number of methoxy groups -OCH3 is 2. The fraction of sp³-hybridized carbons (Fsp3) is 0.547. The van der Waals surface area contributed by atoms with Crippen molar-refractivity contribution in [2.45, 2.75) is 116 Å². The van der Waals surface area contributed by atoms with E-state index in [0.717, 1.165) is 29.5 Å². The Bertz CT molecular complexity index is 2110. The highest BCUT2D eigenvalue weighted by Gasteiger charge is 2.43. The summed E-state index contributed by atoms with van der Waals surface area (Å²) < 4.78 is 17.5. The molecule has 0 saturated carbocycles. The van der Waals surface area contributed by atoms with Crippen LogP contribution in [0, 0.1) is 17.8 Å². The molecule has 3 N–H and O–H groups in total.